The normalized spacial score (nSPS) is 10.3. The molecule has 0 saturated heterocycles. The Hall–Kier alpha value is -1.50. The lowest BCUT2D eigenvalue weighted by atomic mass is 10.1. The Kier molecular flexibility index (Phi) is 1.93. The fourth-order valence-electron chi connectivity index (χ4n) is 1.54. The van der Waals surface area contributed by atoms with E-state index in [0.717, 1.165) is 5.75 Å². The van der Waals surface area contributed by atoms with Crippen LogP contribution in [0.4, 0.5) is 0 Å². The van der Waals surface area contributed by atoms with Gasteiger partial charge in [0.25, 0.3) is 0 Å². The smallest absolute Gasteiger partial charge is 0.126 e. The summed E-state index contributed by atoms with van der Waals surface area (Å²) in [6.07, 6.45) is 0. The third-order valence-electron chi connectivity index (χ3n) is 2.22. The summed E-state index contributed by atoms with van der Waals surface area (Å²) in [5.74, 6) is 0.946. The average Bonchev–Trinajstić information content (AvgIpc) is 2.17. The number of ether oxygens (including phenoxy) is 1. The first-order valence-electron chi connectivity index (χ1n) is 4.34. The Morgan fingerprint density at radius 1 is 1.08 bits per heavy atom. The molecule has 2 aromatic rings. The highest BCUT2D eigenvalue weighted by Gasteiger charge is 1.99. The zero-order valence-corrected chi connectivity index (χ0v) is 7.87. The Morgan fingerprint density at radius 2 is 1.92 bits per heavy atom. The SMILES string of the molecule is COc1cccc2ccc(C)cc12. The van der Waals surface area contributed by atoms with Gasteiger partial charge in [-0.2, -0.15) is 0 Å². The third kappa shape index (κ3) is 1.37. The van der Waals surface area contributed by atoms with Crippen LogP contribution in [0.3, 0.4) is 0 Å². The van der Waals surface area contributed by atoms with Crippen molar-refractivity contribution in [1.82, 2.24) is 0 Å². The fourth-order valence-corrected chi connectivity index (χ4v) is 1.54. The van der Waals surface area contributed by atoms with E-state index in [1.807, 2.05) is 12.1 Å². The molecule has 66 valence electrons. The van der Waals surface area contributed by atoms with Crippen molar-refractivity contribution in [2.24, 2.45) is 0 Å². The molecule has 0 unspecified atom stereocenters. The highest BCUT2D eigenvalue weighted by Crippen LogP contribution is 2.25. The van der Waals surface area contributed by atoms with Gasteiger partial charge in [0.2, 0.25) is 0 Å². The molecule has 2 aromatic carbocycles. The maximum atomic E-state index is 5.28. The van der Waals surface area contributed by atoms with E-state index in [9.17, 15) is 0 Å². The Balaban J connectivity index is 2.79. The summed E-state index contributed by atoms with van der Waals surface area (Å²) in [5, 5.41) is 2.41. The lowest BCUT2D eigenvalue weighted by Gasteiger charge is -2.05. The largest absolute Gasteiger partial charge is 0.496 e. The molecule has 0 atom stereocenters. The first kappa shape index (κ1) is 8.11. The van der Waals surface area contributed by atoms with Crippen molar-refractivity contribution in [3.8, 4) is 5.75 Å². The van der Waals surface area contributed by atoms with Crippen LogP contribution in [0.1, 0.15) is 5.56 Å². The quantitative estimate of drug-likeness (QED) is 0.642. The summed E-state index contributed by atoms with van der Waals surface area (Å²) in [4.78, 5) is 0. The number of benzene rings is 2. The molecule has 0 spiro atoms. The summed E-state index contributed by atoms with van der Waals surface area (Å²) >= 11 is 0. The van der Waals surface area contributed by atoms with Crippen LogP contribution in [0, 0.1) is 6.92 Å². The zero-order chi connectivity index (χ0) is 9.26. The molecule has 0 amide bonds. The molecule has 0 saturated carbocycles. The van der Waals surface area contributed by atoms with Crippen molar-refractivity contribution >= 4 is 10.8 Å². The molecule has 1 nitrogen and oxygen atoms in total. The molecule has 0 heterocycles. The van der Waals surface area contributed by atoms with Crippen molar-refractivity contribution in [2.75, 3.05) is 7.11 Å². The summed E-state index contributed by atoms with van der Waals surface area (Å²) < 4.78 is 5.28. The van der Waals surface area contributed by atoms with Gasteiger partial charge in [-0.05, 0) is 24.4 Å². The van der Waals surface area contributed by atoms with Crippen molar-refractivity contribution < 1.29 is 4.74 Å². The van der Waals surface area contributed by atoms with Crippen LogP contribution in [0.25, 0.3) is 10.8 Å². The summed E-state index contributed by atoms with van der Waals surface area (Å²) in [6, 6.07) is 12.5. The van der Waals surface area contributed by atoms with E-state index in [1.54, 1.807) is 7.11 Å². The van der Waals surface area contributed by atoms with E-state index in [-0.39, 0.29) is 0 Å². The van der Waals surface area contributed by atoms with Crippen molar-refractivity contribution in [1.29, 1.82) is 0 Å². The second kappa shape index (κ2) is 3.09. The van der Waals surface area contributed by atoms with Gasteiger partial charge in [0.05, 0.1) is 7.11 Å². The molecular weight excluding hydrogens is 160 g/mol. The molecule has 0 radical (unpaired) electrons. The predicted octanol–water partition coefficient (Wildman–Crippen LogP) is 3.16. The van der Waals surface area contributed by atoms with Gasteiger partial charge in [-0.3, -0.25) is 0 Å². The highest BCUT2D eigenvalue weighted by molar-refractivity contribution is 5.88. The highest BCUT2D eigenvalue weighted by atomic mass is 16.5. The predicted molar refractivity (Wildman–Crippen MR) is 55.2 cm³/mol. The number of aryl methyl sites for hydroxylation is 1. The number of fused-ring (bicyclic) bond motifs is 1. The second-order valence-corrected chi connectivity index (χ2v) is 3.18. The molecule has 0 aromatic heterocycles. The van der Waals surface area contributed by atoms with Crippen molar-refractivity contribution in [3.63, 3.8) is 0 Å². The van der Waals surface area contributed by atoms with E-state index in [1.165, 1.54) is 16.3 Å². The van der Waals surface area contributed by atoms with Gasteiger partial charge in [0.1, 0.15) is 5.75 Å². The monoisotopic (exact) mass is 172 g/mol. The van der Waals surface area contributed by atoms with E-state index in [2.05, 4.69) is 31.2 Å². The minimum atomic E-state index is 0.946. The van der Waals surface area contributed by atoms with E-state index in [4.69, 9.17) is 4.74 Å². The van der Waals surface area contributed by atoms with Crippen molar-refractivity contribution in [2.45, 2.75) is 6.92 Å². The molecule has 0 N–H and O–H groups in total. The molecule has 0 bridgehead atoms. The molecular formula is C12H12O. The number of hydrogen-bond acceptors (Lipinski definition) is 1. The van der Waals surface area contributed by atoms with Gasteiger partial charge >= 0.3 is 0 Å². The lowest BCUT2D eigenvalue weighted by Crippen LogP contribution is -1.84. The van der Waals surface area contributed by atoms with Crippen LogP contribution in [-0.2, 0) is 0 Å². The maximum absolute atomic E-state index is 5.28. The first-order valence-corrected chi connectivity index (χ1v) is 4.34. The zero-order valence-electron chi connectivity index (χ0n) is 7.87. The third-order valence-corrected chi connectivity index (χ3v) is 2.22. The number of rotatable bonds is 1. The van der Waals surface area contributed by atoms with Gasteiger partial charge in [0.15, 0.2) is 0 Å². The van der Waals surface area contributed by atoms with Crippen LogP contribution in [-0.4, -0.2) is 7.11 Å². The molecule has 0 fully saturated rings. The average molecular weight is 172 g/mol. The van der Waals surface area contributed by atoms with Gasteiger partial charge in [-0.1, -0.05) is 29.8 Å². The Labute approximate surface area is 78.0 Å². The van der Waals surface area contributed by atoms with Gasteiger partial charge in [0, 0.05) is 5.39 Å². The Morgan fingerprint density at radius 3 is 2.69 bits per heavy atom. The summed E-state index contributed by atoms with van der Waals surface area (Å²) in [5.41, 5.74) is 1.26. The molecule has 2 rings (SSSR count). The molecule has 0 aliphatic heterocycles. The molecule has 0 aliphatic carbocycles. The van der Waals surface area contributed by atoms with Crippen molar-refractivity contribution in [3.05, 3.63) is 42.0 Å². The first-order chi connectivity index (χ1) is 6.31. The molecule has 1 heteroatoms. The van der Waals surface area contributed by atoms with E-state index >= 15 is 0 Å². The standard InChI is InChI=1S/C12H12O/c1-9-6-7-10-4-3-5-12(13-2)11(10)8-9/h3-8H,1-2H3. The van der Waals surface area contributed by atoms with Crippen LogP contribution < -0.4 is 4.74 Å². The van der Waals surface area contributed by atoms with Gasteiger partial charge < -0.3 is 4.74 Å². The van der Waals surface area contributed by atoms with E-state index in [0.29, 0.717) is 0 Å². The lowest BCUT2D eigenvalue weighted by molar-refractivity contribution is 0.420. The molecule has 13 heavy (non-hydrogen) atoms. The minimum absolute atomic E-state index is 0.946. The molecule has 0 aliphatic rings. The van der Waals surface area contributed by atoms with Crippen LogP contribution >= 0.6 is 0 Å². The van der Waals surface area contributed by atoms with Gasteiger partial charge in [-0.25, -0.2) is 0 Å². The minimum Gasteiger partial charge on any atom is -0.496 e. The van der Waals surface area contributed by atoms with E-state index < -0.39 is 0 Å². The van der Waals surface area contributed by atoms with Gasteiger partial charge in [-0.15, -0.1) is 0 Å². The summed E-state index contributed by atoms with van der Waals surface area (Å²) in [6.45, 7) is 2.09. The van der Waals surface area contributed by atoms with Crippen LogP contribution in [0.15, 0.2) is 36.4 Å². The fraction of sp³-hybridized carbons (Fsp3) is 0.167. The number of methoxy groups -OCH3 is 1. The Bertz CT molecular complexity index is 432. The second-order valence-electron chi connectivity index (χ2n) is 3.18. The summed E-state index contributed by atoms with van der Waals surface area (Å²) in [7, 11) is 1.71. The number of hydrogen-bond donors (Lipinski definition) is 0. The maximum Gasteiger partial charge on any atom is 0.126 e. The topological polar surface area (TPSA) is 9.23 Å². The van der Waals surface area contributed by atoms with Crippen LogP contribution in [0.5, 0.6) is 5.75 Å². The van der Waals surface area contributed by atoms with Crippen LogP contribution in [0.2, 0.25) is 0 Å².